The van der Waals surface area contributed by atoms with Gasteiger partial charge in [0.2, 0.25) is 15.9 Å². The summed E-state index contributed by atoms with van der Waals surface area (Å²) in [4.78, 5) is 11.9. The SMILES string of the molecule is COc1ccc(S(=O)(=O)NC2CC2)cc1NC(=O)CCCN.Cl. The van der Waals surface area contributed by atoms with Crippen LogP contribution in [0.2, 0.25) is 0 Å². The van der Waals surface area contributed by atoms with Crippen molar-refractivity contribution >= 4 is 34.0 Å². The van der Waals surface area contributed by atoms with Crippen molar-refractivity contribution in [3.05, 3.63) is 18.2 Å². The molecule has 1 aliphatic rings. The van der Waals surface area contributed by atoms with E-state index < -0.39 is 10.0 Å². The Labute approximate surface area is 142 Å². The van der Waals surface area contributed by atoms with Crippen LogP contribution in [0, 0.1) is 0 Å². The quantitative estimate of drug-likeness (QED) is 0.643. The second-order valence-corrected chi connectivity index (χ2v) is 6.91. The fourth-order valence-corrected chi connectivity index (χ4v) is 3.25. The van der Waals surface area contributed by atoms with Crippen LogP contribution in [0.1, 0.15) is 25.7 Å². The second kappa shape index (κ2) is 8.49. The maximum absolute atomic E-state index is 12.2. The number of methoxy groups -OCH3 is 1. The Hall–Kier alpha value is -1.35. The first-order valence-electron chi connectivity index (χ1n) is 7.16. The van der Waals surface area contributed by atoms with Gasteiger partial charge in [0, 0.05) is 12.5 Å². The van der Waals surface area contributed by atoms with Crippen molar-refractivity contribution in [2.24, 2.45) is 5.73 Å². The van der Waals surface area contributed by atoms with Crippen molar-refractivity contribution in [3.8, 4) is 5.75 Å². The summed E-state index contributed by atoms with van der Waals surface area (Å²) in [6, 6.07) is 4.41. The van der Waals surface area contributed by atoms with Crippen LogP contribution < -0.4 is 20.5 Å². The fraction of sp³-hybridized carbons (Fsp3) is 0.500. The van der Waals surface area contributed by atoms with Crippen LogP contribution in [-0.4, -0.2) is 34.0 Å². The third-order valence-corrected chi connectivity index (χ3v) is 4.78. The van der Waals surface area contributed by atoms with E-state index in [-0.39, 0.29) is 35.7 Å². The summed E-state index contributed by atoms with van der Waals surface area (Å²) in [5, 5.41) is 2.67. The number of rotatable bonds is 8. The van der Waals surface area contributed by atoms with Crippen molar-refractivity contribution in [2.75, 3.05) is 19.0 Å². The average Bonchev–Trinajstić information content (AvgIpc) is 3.28. The molecule has 9 heteroatoms. The van der Waals surface area contributed by atoms with Crippen LogP contribution in [0.3, 0.4) is 0 Å². The van der Waals surface area contributed by atoms with Gasteiger partial charge >= 0.3 is 0 Å². The summed E-state index contributed by atoms with van der Waals surface area (Å²) in [5.74, 6) is 0.180. The third kappa shape index (κ3) is 5.65. The molecule has 0 atom stereocenters. The zero-order chi connectivity index (χ0) is 16.2. The molecule has 0 heterocycles. The van der Waals surface area contributed by atoms with Gasteiger partial charge in [-0.1, -0.05) is 0 Å². The molecule has 0 spiro atoms. The minimum Gasteiger partial charge on any atom is -0.495 e. The van der Waals surface area contributed by atoms with Gasteiger partial charge in [-0.15, -0.1) is 12.4 Å². The van der Waals surface area contributed by atoms with Gasteiger partial charge in [-0.2, -0.15) is 0 Å². The van der Waals surface area contributed by atoms with Gasteiger partial charge in [0.25, 0.3) is 0 Å². The average molecular weight is 364 g/mol. The zero-order valence-corrected chi connectivity index (χ0v) is 14.5. The number of amides is 1. The van der Waals surface area contributed by atoms with E-state index in [2.05, 4.69) is 10.0 Å². The van der Waals surface area contributed by atoms with Gasteiger partial charge in [0.15, 0.2) is 0 Å². The van der Waals surface area contributed by atoms with Crippen molar-refractivity contribution in [1.29, 1.82) is 0 Å². The number of hydrogen-bond acceptors (Lipinski definition) is 5. The topological polar surface area (TPSA) is 111 Å². The highest BCUT2D eigenvalue weighted by atomic mass is 35.5. The first kappa shape index (κ1) is 19.7. The molecule has 7 nitrogen and oxygen atoms in total. The van der Waals surface area contributed by atoms with Crippen LogP contribution >= 0.6 is 12.4 Å². The molecular weight excluding hydrogens is 342 g/mol. The highest BCUT2D eigenvalue weighted by molar-refractivity contribution is 7.89. The highest BCUT2D eigenvalue weighted by Gasteiger charge is 2.28. The van der Waals surface area contributed by atoms with Gasteiger partial charge in [-0.25, -0.2) is 13.1 Å². The number of carbonyl (C=O) groups excluding carboxylic acids is 1. The maximum atomic E-state index is 12.2. The van der Waals surface area contributed by atoms with Crippen molar-refractivity contribution in [2.45, 2.75) is 36.6 Å². The standard InChI is InChI=1S/C14H21N3O4S.ClH/c1-21-13-7-6-11(22(19,20)17-10-4-5-10)9-12(13)16-14(18)3-2-8-15;/h6-7,9-10,17H,2-5,8,15H2,1H3,(H,16,18);1H. The number of carbonyl (C=O) groups is 1. The number of nitrogens with one attached hydrogen (secondary N) is 2. The van der Waals surface area contributed by atoms with E-state index >= 15 is 0 Å². The third-order valence-electron chi connectivity index (χ3n) is 3.26. The van der Waals surface area contributed by atoms with E-state index in [0.29, 0.717) is 24.4 Å². The molecule has 0 aromatic heterocycles. The van der Waals surface area contributed by atoms with E-state index in [9.17, 15) is 13.2 Å². The Bertz CT molecular complexity index is 647. The highest BCUT2D eigenvalue weighted by Crippen LogP contribution is 2.29. The molecule has 1 saturated carbocycles. The number of nitrogens with two attached hydrogens (primary N) is 1. The molecule has 130 valence electrons. The number of halogens is 1. The molecule has 1 aromatic carbocycles. The van der Waals surface area contributed by atoms with E-state index in [1.165, 1.54) is 25.3 Å². The molecule has 0 aliphatic heterocycles. The lowest BCUT2D eigenvalue weighted by atomic mass is 10.2. The van der Waals surface area contributed by atoms with Gasteiger partial charge in [0.05, 0.1) is 17.7 Å². The fourth-order valence-electron chi connectivity index (χ4n) is 1.92. The van der Waals surface area contributed by atoms with E-state index in [4.69, 9.17) is 10.5 Å². The summed E-state index contributed by atoms with van der Waals surface area (Å²) in [7, 11) is -2.11. The number of benzene rings is 1. The van der Waals surface area contributed by atoms with Gasteiger partial charge in [-0.3, -0.25) is 4.79 Å². The Morgan fingerprint density at radius 3 is 2.65 bits per heavy atom. The largest absolute Gasteiger partial charge is 0.495 e. The van der Waals surface area contributed by atoms with E-state index in [1.54, 1.807) is 0 Å². The van der Waals surface area contributed by atoms with E-state index in [0.717, 1.165) is 12.8 Å². The molecule has 0 saturated heterocycles. The minimum absolute atomic E-state index is 0. The Morgan fingerprint density at radius 1 is 1.39 bits per heavy atom. The minimum atomic E-state index is -3.57. The second-order valence-electron chi connectivity index (χ2n) is 5.20. The normalized spacial score (nSPS) is 14.0. The molecule has 0 unspecified atom stereocenters. The molecular formula is C14H22ClN3O4S. The summed E-state index contributed by atoms with van der Waals surface area (Å²) in [6.45, 7) is 0.421. The summed E-state index contributed by atoms with van der Waals surface area (Å²) in [5.41, 5.74) is 5.70. The summed E-state index contributed by atoms with van der Waals surface area (Å²) in [6.07, 6.45) is 2.56. The van der Waals surface area contributed by atoms with Gasteiger partial charge in [0.1, 0.15) is 5.75 Å². The molecule has 0 bridgehead atoms. The molecule has 1 fully saturated rings. The molecule has 23 heavy (non-hydrogen) atoms. The van der Waals surface area contributed by atoms with Crippen LogP contribution in [0.25, 0.3) is 0 Å². The van der Waals surface area contributed by atoms with Crippen molar-refractivity contribution in [1.82, 2.24) is 4.72 Å². The lowest BCUT2D eigenvalue weighted by molar-refractivity contribution is -0.116. The Morgan fingerprint density at radius 2 is 2.09 bits per heavy atom. The number of sulfonamides is 1. The monoisotopic (exact) mass is 363 g/mol. The van der Waals surface area contributed by atoms with Crippen LogP contribution in [0.4, 0.5) is 5.69 Å². The maximum Gasteiger partial charge on any atom is 0.240 e. The van der Waals surface area contributed by atoms with Crippen molar-refractivity contribution < 1.29 is 17.9 Å². The van der Waals surface area contributed by atoms with Crippen molar-refractivity contribution in [3.63, 3.8) is 0 Å². The van der Waals surface area contributed by atoms with Crippen LogP contribution in [-0.2, 0) is 14.8 Å². The first-order chi connectivity index (χ1) is 10.5. The molecule has 1 amide bonds. The summed E-state index contributed by atoms with van der Waals surface area (Å²) < 4.78 is 32.2. The lowest BCUT2D eigenvalue weighted by Crippen LogP contribution is -2.26. The number of hydrogen-bond donors (Lipinski definition) is 3. The number of anilines is 1. The smallest absolute Gasteiger partial charge is 0.240 e. The van der Waals surface area contributed by atoms with E-state index in [1.807, 2.05) is 0 Å². The first-order valence-corrected chi connectivity index (χ1v) is 8.65. The van der Waals surface area contributed by atoms with Gasteiger partial charge in [-0.05, 0) is 44.0 Å². The predicted octanol–water partition coefficient (Wildman–Crippen LogP) is 1.24. The Kier molecular flexibility index (Phi) is 7.27. The molecule has 0 radical (unpaired) electrons. The zero-order valence-electron chi connectivity index (χ0n) is 12.9. The molecule has 1 aromatic rings. The number of ether oxygens (including phenoxy) is 1. The van der Waals surface area contributed by atoms with Crippen LogP contribution in [0.15, 0.2) is 23.1 Å². The molecule has 1 aliphatic carbocycles. The lowest BCUT2D eigenvalue weighted by Gasteiger charge is -2.12. The molecule has 4 N–H and O–H groups in total. The van der Waals surface area contributed by atoms with Crippen LogP contribution in [0.5, 0.6) is 5.75 Å². The molecule has 2 rings (SSSR count). The summed E-state index contributed by atoms with van der Waals surface area (Å²) >= 11 is 0. The Balaban J connectivity index is 0.00000264. The van der Waals surface area contributed by atoms with Gasteiger partial charge < -0.3 is 15.8 Å². The predicted molar refractivity (Wildman–Crippen MR) is 90.5 cm³/mol.